The average molecular weight is 291 g/mol. The van der Waals surface area contributed by atoms with Gasteiger partial charge >= 0.3 is 0 Å². The van der Waals surface area contributed by atoms with Crippen molar-refractivity contribution >= 4 is 22.3 Å². The highest BCUT2D eigenvalue weighted by Gasteiger charge is 2.19. The van der Waals surface area contributed by atoms with Gasteiger partial charge in [-0.3, -0.25) is 14.9 Å². The third-order valence-electron chi connectivity index (χ3n) is 3.24. The van der Waals surface area contributed by atoms with Crippen LogP contribution >= 0.6 is 0 Å². The maximum atomic E-state index is 11.7. The zero-order chi connectivity index (χ0) is 15.4. The molecule has 2 aromatic rings. The van der Waals surface area contributed by atoms with E-state index in [9.17, 15) is 14.9 Å². The second kappa shape index (κ2) is 6.31. The van der Waals surface area contributed by atoms with Crippen LogP contribution in [0.2, 0.25) is 0 Å². The summed E-state index contributed by atoms with van der Waals surface area (Å²) < 4.78 is 0. The van der Waals surface area contributed by atoms with Gasteiger partial charge in [0.15, 0.2) is 0 Å². The van der Waals surface area contributed by atoms with Crippen LogP contribution in [0.15, 0.2) is 23.3 Å². The quantitative estimate of drug-likeness (QED) is 0.545. The van der Waals surface area contributed by atoms with E-state index >= 15 is 0 Å². The number of nitrogens with two attached hydrogens (primary N) is 1. The second-order valence-corrected chi connectivity index (χ2v) is 4.74. The molecular weight excluding hydrogens is 274 g/mol. The first kappa shape index (κ1) is 14.9. The third kappa shape index (κ3) is 3.16. The molecule has 112 valence electrons. The maximum Gasteiger partial charge on any atom is 0.293 e. The Morgan fingerprint density at radius 3 is 2.90 bits per heavy atom. The average Bonchev–Trinajstić information content (AvgIpc) is 2.46. The minimum absolute atomic E-state index is 0.0619. The molecule has 1 aromatic heterocycles. The van der Waals surface area contributed by atoms with Crippen LogP contribution in [0.25, 0.3) is 10.9 Å². The van der Waals surface area contributed by atoms with E-state index in [1.165, 1.54) is 18.5 Å². The van der Waals surface area contributed by atoms with Gasteiger partial charge in [0.1, 0.15) is 5.69 Å². The highest BCUT2D eigenvalue weighted by molar-refractivity contribution is 5.86. The number of aromatic nitrogens is 2. The Balaban J connectivity index is 2.53. The number of nitrogens with zero attached hydrogens (tertiary/aromatic N) is 2. The number of nitrogens with one attached hydrogen (secondary N) is 2. The Morgan fingerprint density at radius 1 is 1.52 bits per heavy atom. The number of rotatable bonds is 6. The molecule has 0 saturated heterocycles. The lowest BCUT2D eigenvalue weighted by Crippen LogP contribution is -2.29. The number of fused-ring (bicyclic) bond motifs is 1. The van der Waals surface area contributed by atoms with E-state index in [1.54, 1.807) is 0 Å². The molecule has 0 saturated carbocycles. The standard InChI is InChI=1S/C13H17N5O3/c1-2-3-8(6-14)17-11-5-10-9(4-12(11)18(20)21)13(19)16-7-15-10/h4-5,7-8,17H,2-3,6,14H2,1H3,(H,15,16,19). The molecule has 21 heavy (non-hydrogen) atoms. The van der Waals surface area contributed by atoms with Crippen molar-refractivity contribution in [2.24, 2.45) is 5.73 Å². The van der Waals surface area contributed by atoms with Crippen molar-refractivity contribution in [3.63, 3.8) is 0 Å². The van der Waals surface area contributed by atoms with Gasteiger partial charge < -0.3 is 16.0 Å². The van der Waals surface area contributed by atoms with Gasteiger partial charge in [-0.2, -0.15) is 0 Å². The number of H-pyrrole nitrogens is 1. The number of nitro groups is 1. The van der Waals surface area contributed by atoms with Crippen molar-refractivity contribution in [1.82, 2.24) is 9.97 Å². The Kier molecular flexibility index (Phi) is 4.49. The summed E-state index contributed by atoms with van der Waals surface area (Å²) in [6, 6.07) is 2.69. The van der Waals surface area contributed by atoms with Crippen molar-refractivity contribution in [2.75, 3.05) is 11.9 Å². The number of nitro benzene ring substituents is 1. The van der Waals surface area contributed by atoms with Crippen LogP contribution in [-0.4, -0.2) is 27.5 Å². The number of anilines is 1. The normalized spacial score (nSPS) is 12.3. The minimum atomic E-state index is -0.520. The Hall–Kier alpha value is -2.48. The summed E-state index contributed by atoms with van der Waals surface area (Å²) >= 11 is 0. The lowest BCUT2D eigenvalue weighted by atomic mass is 10.1. The lowest BCUT2D eigenvalue weighted by molar-refractivity contribution is -0.383. The molecule has 8 nitrogen and oxygen atoms in total. The van der Waals surface area contributed by atoms with E-state index in [2.05, 4.69) is 15.3 Å². The van der Waals surface area contributed by atoms with Gasteiger partial charge in [-0.1, -0.05) is 13.3 Å². The molecule has 0 fully saturated rings. The Labute approximate surface area is 120 Å². The van der Waals surface area contributed by atoms with Crippen LogP contribution in [-0.2, 0) is 0 Å². The first-order valence-electron chi connectivity index (χ1n) is 6.69. The van der Waals surface area contributed by atoms with Crippen molar-refractivity contribution in [3.05, 3.63) is 38.9 Å². The summed E-state index contributed by atoms with van der Waals surface area (Å²) in [5, 5.41) is 14.5. The van der Waals surface area contributed by atoms with Gasteiger partial charge in [0.05, 0.1) is 22.2 Å². The molecule has 1 aromatic carbocycles. The van der Waals surface area contributed by atoms with Crippen molar-refractivity contribution in [2.45, 2.75) is 25.8 Å². The fourth-order valence-electron chi connectivity index (χ4n) is 2.19. The summed E-state index contributed by atoms with van der Waals surface area (Å²) in [4.78, 5) is 28.8. The number of benzene rings is 1. The van der Waals surface area contributed by atoms with Crippen molar-refractivity contribution in [3.8, 4) is 0 Å². The number of aromatic amines is 1. The first-order chi connectivity index (χ1) is 10.1. The van der Waals surface area contributed by atoms with E-state index in [0.717, 1.165) is 12.8 Å². The van der Waals surface area contributed by atoms with Crippen LogP contribution in [0, 0.1) is 10.1 Å². The van der Waals surface area contributed by atoms with Gasteiger partial charge in [-0.25, -0.2) is 4.98 Å². The number of hydrogen-bond donors (Lipinski definition) is 3. The molecular formula is C13H17N5O3. The van der Waals surface area contributed by atoms with Crippen molar-refractivity contribution < 1.29 is 4.92 Å². The molecule has 0 aliphatic carbocycles. The van der Waals surface area contributed by atoms with Crippen LogP contribution in [0.3, 0.4) is 0 Å². The fraction of sp³-hybridized carbons (Fsp3) is 0.385. The second-order valence-electron chi connectivity index (χ2n) is 4.74. The molecule has 0 aliphatic heterocycles. The highest BCUT2D eigenvalue weighted by atomic mass is 16.6. The largest absolute Gasteiger partial charge is 0.375 e. The fourth-order valence-corrected chi connectivity index (χ4v) is 2.19. The van der Waals surface area contributed by atoms with Crippen LogP contribution in [0.5, 0.6) is 0 Å². The molecule has 2 rings (SSSR count). The third-order valence-corrected chi connectivity index (χ3v) is 3.24. The molecule has 0 radical (unpaired) electrons. The van der Waals surface area contributed by atoms with Crippen LogP contribution < -0.4 is 16.6 Å². The summed E-state index contributed by atoms with van der Waals surface area (Å²) in [6.07, 6.45) is 2.98. The van der Waals surface area contributed by atoms with E-state index in [1.807, 2.05) is 6.92 Å². The van der Waals surface area contributed by atoms with Gasteiger partial charge in [0, 0.05) is 18.7 Å². The zero-order valence-electron chi connectivity index (χ0n) is 11.6. The minimum Gasteiger partial charge on any atom is -0.375 e. The van der Waals surface area contributed by atoms with Gasteiger partial charge in [0.25, 0.3) is 11.2 Å². The Morgan fingerprint density at radius 2 is 2.29 bits per heavy atom. The van der Waals surface area contributed by atoms with E-state index in [0.29, 0.717) is 17.7 Å². The topological polar surface area (TPSA) is 127 Å². The first-order valence-corrected chi connectivity index (χ1v) is 6.69. The Bertz CT molecular complexity index is 713. The SMILES string of the molecule is CCCC(CN)Nc1cc2nc[nH]c(=O)c2cc1[N+](=O)[O-]. The zero-order valence-corrected chi connectivity index (χ0v) is 11.6. The van der Waals surface area contributed by atoms with E-state index in [-0.39, 0.29) is 17.1 Å². The van der Waals surface area contributed by atoms with Gasteiger partial charge in [-0.15, -0.1) is 0 Å². The summed E-state index contributed by atoms with van der Waals surface area (Å²) in [5.41, 5.74) is 5.84. The van der Waals surface area contributed by atoms with E-state index < -0.39 is 10.5 Å². The molecule has 8 heteroatoms. The summed E-state index contributed by atoms with van der Waals surface area (Å²) in [5.74, 6) is 0. The summed E-state index contributed by atoms with van der Waals surface area (Å²) in [7, 11) is 0. The molecule has 4 N–H and O–H groups in total. The number of hydrogen-bond acceptors (Lipinski definition) is 6. The molecule has 1 heterocycles. The molecule has 0 aliphatic rings. The lowest BCUT2D eigenvalue weighted by Gasteiger charge is -2.17. The van der Waals surface area contributed by atoms with Crippen LogP contribution in [0.4, 0.5) is 11.4 Å². The van der Waals surface area contributed by atoms with E-state index in [4.69, 9.17) is 5.73 Å². The summed E-state index contributed by atoms with van der Waals surface area (Å²) in [6.45, 7) is 2.38. The molecule has 1 unspecified atom stereocenters. The van der Waals surface area contributed by atoms with Gasteiger partial charge in [-0.05, 0) is 12.5 Å². The van der Waals surface area contributed by atoms with Crippen LogP contribution in [0.1, 0.15) is 19.8 Å². The van der Waals surface area contributed by atoms with Gasteiger partial charge in [0.2, 0.25) is 0 Å². The monoisotopic (exact) mass is 291 g/mol. The molecule has 1 atom stereocenters. The molecule has 0 bridgehead atoms. The van der Waals surface area contributed by atoms with Crippen molar-refractivity contribution in [1.29, 1.82) is 0 Å². The molecule has 0 amide bonds. The highest BCUT2D eigenvalue weighted by Crippen LogP contribution is 2.28. The predicted molar refractivity (Wildman–Crippen MR) is 80.4 cm³/mol. The predicted octanol–water partition coefficient (Wildman–Crippen LogP) is 1.37. The maximum absolute atomic E-state index is 11.7. The molecule has 0 spiro atoms. The smallest absolute Gasteiger partial charge is 0.293 e.